The van der Waals surface area contributed by atoms with E-state index >= 15 is 0 Å². The summed E-state index contributed by atoms with van der Waals surface area (Å²) in [6.07, 6.45) is 4.38. The molecule has 0 spiro atoms. The van der Waals surface area contributed by atoms with Crippen LogP contribution in [0.4, 0.5) is 0 Å². The molecule has 0 aliphatic carbocycles. The van der Waals surface area contributed by atoms with Gasteiger partial charge in [-0.15, -0.1) is 0 Å². The molecule has 0 radical (unpaired) electrons. The highest BCUT2D eigenvalue weighted by Crippen LogP contribution is 2.29. The molecule has 24 heavy (non-hydrogen) atoms. The molecule has 1 unspecified atom stereocenters. The van der Waals surface area contributed by atoms with Crippen molar-refractivity contribution in [3.8, 4) is 0 Å². The number of hydrogen-bond acceptors (Lipinski definition) is 2. The molecular weight excluding hydrogens is 300 g/mol. The Morgan fingerprint density at radius 2 is 1.71 bits per heavy atom. The standard InChI is InChI=1S/C21H26O3/c1-3-21(2,20(23)24)14-8-4-5-11-19(22)18-13-12-16-9-6-7-10-17(16)15-18/h6-7,9-10,12-13,15H,3-5,8,11,14H2,1-2H3,(H,23,24). The smallest absolute Gasteiger partial charge is 0.309 e. The van der Waals surface area contributed by atoms with Crippen molar-refractivity contribution < 1.29 is 14.7 Å². The fourth-order valence-electron chi connectivity index (χ4n) is 2.92. The molecule has 0 heterocycles. The van der Waals surface area contributed by atoms with Gasteiger partial charge in [-0.1, -0.05) is 56.2 Å². The molecule has 0 saturated carbocycles. The van der Waals surface area contributed by atoms with Crippen LogP contribution >= 0.6 is 0 Å². The van der Waals surface area contributed by atoms with Gasteiger partial charge in [-0.25, -0.2) is 0 Å². The van der Waals surface area contributed by atoms with E-state index in [1.54, 1.807) is 6.92 Å². The first-order valence-electron chi connectivity index (χ1n) is 8.72. The molecule has 1 N–H and O–H groups in total. The molecule has 0 aliphatic rings. The summed E-state index contributed by atoms with van der Waals surface area (Å²) >= 11 is 0. The van der Waals surface area contributed by atoms with Crippen molar-refractivity contribution in [2.45, 2.75) is 52.4 Å². The van der Waals surface area contributed by atoms with Crippen LogP contribution in [0.1, 0.15) is 62.7 Å². The monoisotopic (exact) mass is 326 g/mol. The normalized spacial score (nSPS) is 13.6. The molecule has 0 saturated heterocycles. The third-order valence-electron chi connectivity index (χ3n) is 5.00. The van der Waals surface area contributed by atoms with Gasteiger partial charge in [-0.3, -0.25) is 9.59 Å². The first kappa shape index (κ1) is 18.2. The Bertz CT molecular complexity index is 720. The van der Waals surface area contributed by atoms with E-state index in [0.717, 1.165) is 35.6 Å². The molecule has 0 amide bonds. The summed E-state index contributed by atoms with van der Waals surface area (Å²) < 4.78 is 0. The van der Waals surface area contributed by atoms with Crippen molar-refractivity contribution in [3.63, 3.8) is 0 Å². The van der Waals surface area contributed by atoms with Gasteiger partial charge in [-0.2, -0.15) is 0 Å². The Morgan fingerprint density at radius 3 is 2.38 bits per heavy atom. The third-order valence-corrected chi connectivity index (χ3v) is 5.00. The summed E-state index contributed by atoms with van der Waals surface area (Å²) in [5.74, 6) is -0.561. The third kappa shape index (κ3) is 4.44. The Hall–Kier alpha value is -2.16. The quantitative estimate of drug-likeness (QED) is 0.491. The fourth-order valence-corrected chi connectivity index (χ4v) is 2.92. The summed E-state index contributed by atoms with van der Waals surface area (Å²) in [5, 5.41) is 11.5. The lowest BCUT2D eigenvalue weighted by Crippen LogP contribution is -2.26. The average molecular weight is 326 g/mol. The second-order valence-electron chi connectivity index (χ2n) is 6.77. The van der Waals surface area contributed by atoms with Crippen LogP contribution in [0.25, 0.3) is 10.8 Å². The van der Waals surface area contributed by atoms with Crippen LogP contribution in [0.3, 0.4) is 0 Å². The molecular formula is C21H26O3. The molecule has 0 bridgehead atoms. The highest BCUT2D eigenvalue weighted by molar-refractivity contribution is 5.99. The Kier molecular flexibility index (Phi) is 6.13. The second kappa shape index (κ2) is 8.09. The second-order valence-corrected chi connectivity index (χ2v) is 6.77. The molecule has 0 aliphatic heterocycles. The van der Waals surface area contributed by atoms with Crippen LogP contribution in [0.2, 0.25) is 0 Å². The van der Waals surface area contributed by atoms with Gasteiger partial charge in [0.2, 0.25) is 0 Å². The number of aliphatic carboxylic acids is 1. The van der Waals surface area contributed by atoms with Gasteiger partial charge in [0.05, 0.1) is 5.41 Å². The molecule has 0 fully saturated rings. The van der Waals surface area contributed by atoms with Gasteiger partial charge in [0.1, 0.15) is 0 Å². The van der Waals surface area contributed by atoms with E-state index in [1.807, 2.05) is 49.4 Å². The molecule has 2 aromatic carbocycles. The Morgan fingerprint density at radius 1 is 1.00 bits per heavy atom. The zero-order valence-corrected chi connectivity index (χ0v) is 14.5. The van der Waals surface area contributed by atoms with Crippen LogP contribution in [0, 0.1) is 5.41 Å². The van der Waals surface area contributed by atoms with E-state index in [4.69, 9.17) is 0 Å². The number of rotatable bonds is 9. The summed E-state index contributed by atoms with van der Waals surface area (Å²) in [4.78, 5) is 23.6. The average Bonchev–Trinajstić information content (AvgIpc) is 2.60. The van der Waals surface area contributed by atoms with E-state index in [0.29, 0.717) is 19.3 Å². The number of carboxylic acid groups (broad SMARTS) is 1. The van der Waals surface area contributed by atoms with E-state index in [-0.39, 0.29) is 5.78 Å². The van der Waals surface area contributed by atoms with Crippen LogP contribution in [-0.4, -0.2) is 16.9 Å². The van der Waals surface area contributed by atoms with Crippen molar-refractivity contribution >= 4 is 22.5 Å². The van der Waals surface area contributed by atoms with Crippen molar-refractivity contribution in [2.24, 2.45) is 5.41 Å². The SMILES string of the molecule is CCC(C)(CCCCCC(=O)c1ccc2ccccc2c1)C(=O)O. The summed E-state index contributed by atoms with van der Waals surface area (Å²) in [7, 11) is 0. The number of hydrogen-bond donors (Lipinski definition) is 1. The lowest BCUT2D eigenvalue weighted by Gasteiger charge is -2.22. The van der Waals surface area contributed by atoms with Crippen LogP contribution in [0.5, 0.6) is 0 Å². The number of carbonyl (C=O) groups is 2. The molecule has 1 atom stereocenters. The minimum Gasteiger partial charge on any atom is -0.481 e. The topological polar surface area (TPSA) is 54.4 Å². The number of ketones is 1. The number of carbonyl (C=O) groups excluding carboxylic acids is 1. The maximum absolute atomic E-state index is 12.3. The summed E-state index contributed by atoms with van der Waals surface area (Å²) in [5.41, 5.74) is 0.125. The number of Topliss-reactive ketones (excluding diaryl/α,β-unsaturated/α-hetero) is 1. The predicted molar refractivity (Wildman–Crippen MR) is 97.4 cm³/mol. The Balaban J connectivity index is 1.81. The van der Waals surface area contributed by atoms with Crippen molar-refractivity contribution in [1.82, 2.24) is 0 Å². The Labute approximate surface area is 143 Å². The maximum atomic E-state index is 12.3. The highest BCUT2D eigenvalue weighted by atomic mass is 16.4. The number of carboxylic acids is 1. The van der Waals surface area contributed by atoms with Gasteiger partial charge in [-0.05, 0) is 43.0 Å². The van der Waals surface area contributed by atoms with E-state index in [9.17, 15) is 14.7 Å². The van der Waals surface area contributed by atoms with Crippen LogP contribution in [-0.2, 0) is 4.79 Å². The van der Waals surface area contributed by atoms with E-state index < -0.39 is 11.4 Å². The van der Waals surface area contributed by atoms with Crippen molar-refractivity contribution in [3.05, 3.63) is 48.0 Å². The number of fused-ring (bicyclic) bond motifs is 1. The minimum absolute atomic E-state index is 0.164. The zero-order chi connectivity index (χ0) is 17.6. The minimum atomic E-state index is -0.725. The van der Waals surface area contributed by atoms with Crippen LogP contribution < -0.4 is 0 Å². The molecule has 2 rings (SSSR count). The van der Waals surface area contributed by atoms with Crippen LogP contribution in [0.15, 0.2) is 42.5 Å². The predicted octanol–water partition coefficient (Wildman–Crippen LogP) is 5.47. The van der Waals surface area contributed by atoms with Crippen molar-refractivity contribution in [1.29, 1.82) is 0 Å². The van der Waals surface area contributed by atoms with Crippen molar-refractivity contribution in [2.75, 3.05) is 0 Å². The molecule has 3 heteroatoms. The first-order valence-corrected chi connectivity index (χ1v) is 8.72. The van der Waals surface area contributed by atoms with Gasteiger partial charge in [0.15, 0.2) is 5.78 Å². The van der Waals surface area contributed by atoms with Gasteiger partial charge < -0.3 is 5.11 Å². The van der Waals surface area contributed by atoms with E-state index in [2.05, 4.69) is 0 Å². The first-order chi connectivity index (χ1) is 11.5. The van der Waals surface area contributed by atoms with Gasteiger partial charge in [0.25, 0.3) is 0 Å². The summed E-state index contributed by atoms with van der Waals surface area (Å²) in [6.45, 7) is 3.72. The zero-order valence-electron chi connectivity index (χ0n) is 14.5. The number of benzene rings is 2. The number of unbranched alkanes of at least 4 members (excludes halogenated alkanes) is 2. The summed E-state index contributed by atoms with van der Waals surface area (Å²) in [6, 6.07) is 13.9. The molecule has 3 nitrogen and oxygen atoms in total. The lowest BCUT2D eigenvalue weighted by atomic mass is 9.82. The fraction of sp³-hybridized carbons (Fsp3) is 0.429. The van der Waals surface area contributed by atoms with Gasteiger partial charge >= 0.3 is 5.97 Å². The lowest BCUT2D eigenvalue weighted by molar-refractivity contribution is -0.148. The van der Waals surface area contributed by atoms with Gasteiger partial charge in [0, 0.05) is 12.0 Å². The van der Waals surface area contributed by atoms with E-state index in [1.165, 1.54) is 0 Å². The molecule has 0 aromatic heterocycles. The largest absolute Gasteiger partial charge is 0.481 e. The molecule has 128 valence electrons. The molecule has 2 aromatic rings. The highest BCUT2D eigenvalue weighted by Gasteiger charge is 2.29. The maximum Gasteiger partial charge on any atom is 0.309 e.